The summed E-state index contributed by atoms with van der Waals surface area (Å²) in [7, 11) is 1.71. The van der Waals surface area contributed by atoms with Gasteiger partial charge in [-0.2, -0.15) is 0 Å². The lowest BCUT2D eigenvalue weighted by Crippen LogP contribution is -2.02. The number of aromatic nitrogens is 1. The van der Waals surface area contributed by atoms with Gasteiger partial charge in [0.15, 0.2) is 0 Å². The molecule has 0 radical (unpaired) electrons. The lowest BCUT2D eigenvalue weighted by molar-refractivity contribution is 0.176. The summed E-state index contributed by atoms with van der Waals surface area (Å²) in [6.45, 7) is 0.761. The molecule has 0 aliphatic carbocycles. The molecule has 1 atom stereocenters. The predicted molar refractivity (Wildman–Crippen MR) is 98.9 cm³/mol. The van der Waals surface area contributed by atoms with Crippen molar-refractivity contribution in [2.24, 2.45) is 0 Å². The number of aliphatic hydroxyl groups is 1. The van der Waals surface area contributed by atoms with E-state index in [1.165, 1.54) is 11.1 Å². The first kappa shape index (κ1) is 18.4. The van der Waals surface area contributed by atoms with Crippen LogP contribution in [0.5, 0.6) is 0 Å². The molecule has 1 aromatic carbocycles. The van der Waals surface area contributed by atoms with Crippen molar-refractivity contribution in [1.82, 2.24) is 4.98 Å². The van der Waals surface area contributed by atoms with Crippen LogP contribution in [-0.4, -0.2) is 29.9 Å². The fourth-order valence-corrected chi connectivity index (χ4v) is 2.55. The van der Waals surface area contributed by atoms with Crippen molar-refractivity contribution in [2.45, 2.75) is 38.2 Å². The van der Waals surface area contributed by atoms with E-state index in [2.05, 4.69) is 35.3 Å². The van der Waals surface area contributed by atoms with Gasteiger partial charge >= 0.3 is 0 Å². The van der Waals surface area contributed by atoms with Crippen molar-refractivity contribution in [3.63, 3.8) is 0 Å². The first-order valence-corrected chi connectivity index (χ1v) is 8.61. The second-order valence-corrected chi connectivity index (χ2v) is 6.02. The predicted octanol–water partition coefficient (Wildman–Crippen LogP) is 4.06. The highest BCUT2D eigenvalue weighted by Gasteiger charge is 2.00. The van der Waals surface area contributed by atoms with Crippen LogP contribution in [0.4, 0.5) is 0 Å². The maximum atomic E-state index is 9.94. The third kappa shape index (κ3) is 7.07. The summed E-state index contributed by atoms with van der Waals surface area (Å²) in [5, 5.41) is 9.94. The highest BCUT2D eigenvalue weighted by molar-refractivity contribution is 5.50. The largest absolute Gasteiger partial charge is 0.389 e. The van der Waals surface area contributed by atoms with Crippen molar-refractivity contribution in [2.75, 3.05) is 13.7 Å². The molecule has 3 nitrogen and oxygen atoms in total. The van der Waals surface area contributed by atoms with Crippen LogP contribution in [0.3, 0.4) is 0 Å². The molecule has 0 aliphatic heterocycles. The van der Waals surface area contributed by atoms with Crippen LogP contribution in [0.2, 0.25) is 0 Å². The molecule has 3 heteroatoms. The van der Waals surface area contributed by atoms with E-state index in [1.807, 2.05) is 24.4 Å². The molecular weight excluding hydrogens is 298 g/mol. The molecule has 1 N–H and O–H groups in total. The maximum Gasteiger partial charge on any atom is 0.0724 e. The monoisotopic (exact) mass is 325 g/mol. The minimum atomic E-state index is -0.382. The van der Waals surface area contributed by atoms with Gasteiger partial charge in [0.1, 0.15) is 0 Å². The highest BCUT2D eigenvalue weighted by atomic mass is 16.5. The zero-order valence-electron chi connectivity index (χ0n) is 14.4. The number of hydrogen-bond donors (Lipinski definition) is 1. The summed E-state index contributed by atoms with van der Waals surface area (Å²) in [6, 6.07) is 12.6. The smallest absolute Gasteiger partial charge is 0.0724 e. The molecule has 0 saturated heterocycles. The summed E-state index contributed by atoms with van der Waals surface area (Å²) in [4.78, 5) is 4.14. The van der Waals surface area contributed by atoms with Crippen molar-refractivity contribution in [3.8, 4) is 0 Å². The summed E-state index contributed by atoms with van der Waals surface area (Å²) < 4.78 is 5.01. The molecule has 1 aromatic heterocycles. The molecule has 128 valence electrons. The van der Waals surface area contributed by atoms with Crippen LogP contribution >= 0.6 is 0 Å². The van der Waals surface area contributed by atoms with Crippen LogP contribution in [0.15, 0.2) is 54.9 Å². The molecule has 1 unspecified atom stereocenters. The molecule has 0 amide bonds. The summed E-state index contributed by atoms with van der Waals surface area (Å²) >= 11 is 0. The van der Waals surface area contributed by atoms with Gasteiger partial charge in [-0.3, -0.25) is 4.98 Å². The average molecular weight is 325 g/mol. The number of aryl methyl sites for hydroxylation is 2. The fraction of sp³-hybridized carbons (Fsp3) is 0.381. The van der Waals surface area contributed by atoms with E-state index >= 15 is 0 Å². The van der Waals surface area contributed by atoms with E-state index in [4.69, 9.17) is 4.74 Å². The second kappa shape index (κ2) is 10.7. The zero-order chi connectivity index (χ0) is 17.0. The van der Waals surface area contributed by atoms with Crippen LogP contribution in [0, 0.1) is 0 Å². The zero-order valence-corrected chi connectivity index (χ0v) is 14.4. The van der Waals surface area contributed by atoms with E-state index in [0.29, 0.717) is 0 Å². The Morgan fingerprint density at radius 3 is 2.58 bits per heavy atom. The first-order valence-electron chi connectivity index (χ1n) is 8.61. The van der Waals surface area contributed by atoms with Gasteiger partial charge in [0.05, 0.1) is 6.10 Å². The average Bonchev–Trinajstić information content (AvgIpc) is 2.63. The molecule has 24 heavy (non-hydrogen) atoms. The number of pyridine rings is 1. The van der Waals surface area contributed by atoms with Crippen molar-refractivity contribution in [1.29, 1.82) is 0 Å². The van der Waals surface area contributed by atoms with Crippen molar-refractivity contribution in [3.05, 3.63) is 71.6 Å². The summed E-state index contributed by atoms with van der Waals surface area (Å²) in [5.41, 5.74) is 3.70. The lowest BCUT2D eigenvalue weighted by Gasteiger charge is -2.05. The Bertz CT molecular complexity index is 593. The van der Waals surface area contributed by atoms with Gasteiger partial charge in [-0.1, -0.05) is 42.5 Å². The van der Waals surface area contributed by atoms with Crippen molar-refractivity contribution >= 4 is 6.08 Å². The quantitative estimate of drug-likeness (QED) is 0.670. The van der Waals surface area contributed by atoms with E-state index in [1.54, 1.807) is 13.3 Å². The Morgan fingerprint density at radius 2 is 1.88 bits per heavy atom. The topological polar surface area (TPSA) is 42.4 Å². The van der Waals surface area contributed by atoms with Crippen molar-refractivity contribution < 1.29 is 9.84 Å². The van der Waals surface area contributed by atoms with Crippen LogP contribution < -0.4 is 0 Å². The minimum absolute atomic E-state index is 0.382. The molecule has 0 bridgehead atoms. The van der Waals surface area contributed by atoms with E-state index in [-0.39, 0.29) is 6.10 Å². The van der Waals surface area contributed by atoms with Crippen LogP contribution in [0.1, 0.15) is 36.0 Å². The lowest BCUT2D eigenvalue weighted by atomic mass is 10.0. The number of ether oxygens (including phenoxy) is 1. The molecule has 2 aromatic rings. The van der Waals surface area contributed by atoms with Gasteiger partial charge in [0.25, 0.3) is 0 Å². The Hall–Kier alpha value is -1.97. The van der Waals surface area contributed by atoms with Crippen LogP contribution in [-0.2, 0) is 17.6 Å². The first-order chi connectivity index (χ1) is 11.8. The standard InChI is InChI=1S/C21H27NO2/c1-24-16-3-2-6-21(23)14-13-19-9-7-18(8-10-19)11-12-20-5-4-15-22-17-20/h4-5,7-10,13-15,17,21,23H,2-3,6,11-12,16H2,1H3/b14-13+. The minimum Gasteiger partial charge on any atom is -0.389 e. The van der Waals surface area contributed by atoms with Gasteiger partial charge in [0.2, 0.25) is 0 Å². The molecule has 1 heterocycles. The Labute approximate surface area is 145 Å². The summed E-state index contributed by atoms with van der Waals surface area (Å²) in [6.07, 6.45) is 12.0. The number of unbranched alkanes of at least 4 members (excludes halogenated alkanes) is 1. The fourth-order valence-electron chi connectivity index (χ4n) is 2.55. The Kier molecular flexibility index (Phi) is 8.22. The van der Waals surface area contributed by atoms with E-state index in [9.17, 15) is 5.11 Å². The van der Waals surface area contributed by atoms with Gasteiger partial charge in [0, 0.05) is 26.1 Å². The molecule has 2 rings (SSSR count). The number of rotatable bonds is 10. The molecule has 0 aliphatic rings. The maximum absolute atomic E-state index is 9.94. The number of benzene rings is 1. The molecular formula is C21H27NO2. The number of hydrogen-bond acceptors (Lipinski definition) is 3. The summed E-state index contributed by atoms with van der Waals surface area (Å²) in [5.74, 6) is 0. The van der Waals surface area contributed by atoms with Crippen LogP contribution in [0.25, 0.3) is 6.08 Å². The molecule has 0 fully saturated rings. The van der Waals surface area contributed by atoms with E-state index in [0.717, 1.165) is 44.3 Å². The third-order valence-electron chi connectivity index (χ3n) is 4.01. The van der Waals surface area contributed by atoms with Gasteiger partial charge in [-0.25, -0.2) is 0 Å². The Morgan fingerprint density at radius 1 is 1.08 bits per heavy atom. The second-order valence-electron chi connectivity index (χ2n) is 6.02. The number of aliphatic hydroxyl groups excluding tert-OH is 1. The van der Waals surface area contributed by atoms with Gasteiger partial charge in [-0.15, -0.1) is 0 Å². The number of methoxy groups -OCH3 is 1. The third-order valence-corrected chi connectivity index (χ3v) is 4.01. The Balaban J connectivity index is 1.75. The van der Waals surface area contributed by atoms with E-state index < -0.39 is 0 Å². The SMILES string of the molecule is COCCCCC(O)/C=C/c1ccc(CCc2cccnc2)cc1. The highest BCUT2D eigenvalue weighted by Crippen LogP contribution is 2.11. The van der Waals surface area contributed by atoms with Gasteiger partial charge in [-0.05, 0) is 54.9 Å². The molecule has 0 saturated carbocycles. The normalized spacial score (nSPS) is 12.6. The number of nitrogens with zero attached hydrogens (tertiary/aromatic N) is 1. The van der Waals surface area contributed by atoms with Gasteiger partial charge < -0.3 is 9.84 Å². The molecule has 0 spiro atoms.